The number of hydrogen-bond donors (Lipinski definition) is 0. The van der Waals surface area contributed by atoms with Gasteiger partial charge in [0, 0.05) is 30.2 Å². The van der Waals surface area contributed by atoms with Crippen LogP contribution < -0.4 is 9.47 Å². The average Bonchev–Trinajstić information content (AvgIpc) is 2.68. The first-order valence-corrected chi connectivity index (χ1v) is 8.88. The minimum absolute atomic E-state index is 0.0280. The fourth-order valence-electron chi connectivity index (χ4n) is 3.25. The average molecular weight is 375 g/mol. The van der Waals surface area contributed by atoms with Gasteiger partial charge in [0.05, 0.1) is 20.3 Å². The van der Waals surface area contributed by atoms with Crippen molar-refractivity contribution in [2.45, 2.75) is 6.04 Å². The summed E-state index contributed by atoms with van der Waals surface area (Å²) in [5.41, 5.74) is 1.75. The van der Waals surface area contributed by atoms with E-state index in [4.69, 9.17) is 21.1 Å². The molecule has 0 aromatic heterocycles. The van der Waals surface area contributed by atoms with Crippen molar-refractivity contribution < 1.29 is 14.3 Å². The van der Waals surface area contributed by atoms with Crippen LogP contribution in [0.1, 0.15) is 22.0 Å². The van der Waals surface area contributed by atoms with Gasteiger partial charge in [-0.3, -0.25) is 9.69 Å². The second kappa shape index (κ2) is 7.98. The molecule has 1 saturated heterocycles. The first-order chi connectivity index (χ1) is 12.5. The number of amides is 1. The Bertz CT molecular complexity index is 779. The topological polar surface area (TPSA) is 42.0 Å². The Labute approximate surface area is 159 Å². The molecule has 5 nitrogen and oxygen atoms in total. The summed E-state index contributed by atoms with van der Waals surface area (Å²) >= 11 is 5.92. The van der Waals surface area contributed by atoms with Gasteiger partial charge >= 0.3 is 0 Å². The predicted molar refractivity (Wildman–Crippen MR) is 102 cm³/mol. The maximum absolute atomic E-state index is 12.8. The molecule has 0 aliphatic carbocycles. The van der Waals surface area contributed by atoms with Gasteiger partial charge in [0.15, 0.2) is 11.5 Å². The van der Waals surface area contributed by atoms with Crippen LogP contribution in [0.25, 0.3) is 0 Å². The van der Waals surface area contributed by atoms with Gasteiger partial charge in [-0.2, -0.15) is 0 Å². The van der Waals surface area contributed by atoms with Gasteiger partial charge in [0.25, 0.3) is 5.91 Å². The number of methoxy groups -OCH3 is 2. The summed E-state index contributed by atoms with van der Waals surface area (Å²) in [7, 11) is 5.32. The Balaban J connectivity index is 1.82. The van der Waals surface area contributed by atoms with Gasteiger partial charge in [-0.1, -0.05) is 17.7 Å². The molecule has 1 amide bonds. The fourth-order valence-corrected chi connectivity index (χ4v) is 3.38. The highest BCUT2D eigenvalue weighted by atomic mass is 35.5. The smallest absolute Gasteiger partial charge is 0.253 e. The molecule has 1 atom stereocenters. The maximum Gasteiger partial charge on any atom is 0.253 e. The summed E-state index contributed by atoms with van der Waals surface area (Å²) in [6, 6.07) is 13.0. The van der Waals surface area contributed by atoms with Crippen molar-refractivity contribution in [1.29, 1.82) is 0 Å². The molecule has 1 fully saturated rings. The minimum Gasteiger partial charge on any atom is -0.493 e. The van der Waals surface area contributed by atoms with Crippen LogP contribution in [0, 0.1) is 0 Å². The number of carbonyl (C=O) groups is 1. The molecule has 2 aromatic carbocycles. The van der Waals surface area contributed by atoms with Crippen LogP contribution in [0.5, 0.6) is 11.5 Å². The van der Waals surface area contributed by atoms with Gasteiger partial charge in [0.1, 0.15) is 0 Å². The number of rotatable bonds is 4. The van der Waals surface area contributed by atoms with Crippen LogP contribution in [-0.4, -0.2) is 56.6 Å². The zero-order valence-electron chi connectivity index (χ0n) is 15.2. The Morgan fingerprint density at radius 2 is 1.73 bits per heavy atom. The van der Waals surface area contributed by atoms with E-state index in [1.165, 1.54) is 0 Å². The van der Waals surface area contributed by atoms with Crippen LogP contribution in [0.3, 0.4) is 0 Å². The van der Waals surface area contributed by atoms with Gasteiger partial charge in [-0.15, -0.1) is 0 Å². The van der Waals surface area contributed by atoms with E-state index in [1.807, 2.05) is 23.1 Å². The fraction of sp³-hybridized carbons (Fsp3) is 0.350. The lowest BCUT2D eigenvalue weighted by Crippen LogP contribution is -2.49. The number of carbonyl (C=O) groups excluding carboxylic acids is 1. The van der Waals surface area contributed by atoms with E-state index in [0.717, 1.165) is 12.1 Å². The van der Waals surface area contributed by atoms with E-state index in [2.05, 4.69) is 11.9 Å². The van der Waals surface area contributed by atoms with E-state index < -0.39 is 0 Å². The third-order valence-electron chi connectivity index (χ3n) is 4.82. The van der Waals surface area contributed by atoms with Crippen LogP contribution in [0.2, 0.25) is 5.02 Å². The molecule has 138 valence electrons. The second-order valence-electron chi connectivity index (χ2n) is 6.37. The lowest BCUT2D eigenvalue weighted by atomic mass is 10.0. The number of piperazine rings is 1. The van der Waals surface area contributed by atoms with Crippen molar-refractivity contribution in [1.82, 2.24) is 9.80 Å². The standard InChI is InChI=1S/C20H23ClN2O3/c1-22-10-11-23(20(24)14-4-7-16(21)8-5-14)13-17(22)15-6-9-18(25-2)19(12-15)26-3/h4-9,12,17H,10-11,13H2,1-3H3. The molecule has 1 unspecified atom stereocenters. The number of nitrogens with zero attached hydrogens (tertiary/aromatic N) is 2. The van der Waals surface area contributed by atoms with Crippen LogP contribution >= 0.6 is 11.6 Å². The molecule has 0 radical (unpaired) electrons. The second-order valence-corrected chi connectivity index (χ2v) is 6.81. The predicted octanol–water partition coefficient (Wildman–Crippen LogP) is 3.49. The molecule has 0 saturated carbocycles. The van der Waals surface area contributed by atoms with Crippen molar-refractivity contribution in [3.05, 3.63) is 58.6 Å². The van der Waals surface area contributed by atoms with E-state index in [0.29, 0.717) is 35.2 Å². The minimum atomic E-state index is 0.0280. The van der Waals surface area contributed by atoms with Crippen LogP contribution in [-0.2, 0) is 0 Å². The Hall–Kier alpha value is -2.24. The largest absolute Gasteiger partial charge is 0.493 e. The molecule has 2 aromatic rings. The molecule has 26 heavy (non-hydrogen) atoms. The third-order valence-corrected chi connectivity index (χ3v) is 5.07. The first kappa shape index (κ1) is 18.5. The molecule has 3 rings (SSSR count). The number of halogens is 1. The zero-order chi connectivity index (χ0) is 18.7. The molecular weight excluding hydrogens is 352 g/mol. The summed E-state index contributed by atoms with van der Waals surface area (Å²) in [6.07, 6.45) is 0. The summed E-state index contributed by atoms with van der Waals surface area (Å²) in [5.74, 6) is 1.42. The van der Waals surface area contributed by atoms with Crippen LogP contribution in [0.15, 0.2) is 42.5 Å². The van der Waals surface area contributed by atoms with Gasteiger partial charge in [-0.25, -0.2) is 0 Å². The van der Waals surface area contributed by atoms with E-state index in [-0.39, 0.29) is 11.9 Å². The van der Waals surface area contributed by atoms with Crippen molar-refractivity contribution in [2.24, 2.45) is 0 Å². The van der Waals surface area contributed by atoms with Crippen molar-refractivity contribution >= 4 is 17.5 Å². The Morgan fingerprint density at radius 3 is 2.38 bits per heavy atom. The quantitative estimate of drug-likeness (QED) is 0.821. The van der Waals surface area contributed by atoms with Crippen molar-refractivity contribution in [3.63, 3.8) is 0 Å². The molecule has 1 heterocycles. The Kier molecular flexibility index (Phi) is 5.69. The van der Waals surface area contributed by atoms with Gasteiger partial charge in [-0.05, 0) is 49.0 Å². The van der Waals surface area contributed by atoms with Crippen molar-refractivity contribution in [3.8, 4) is 11.5 Å². The van der Waals surface area contributed by atoms with Crippen LogP contribution in [0.4, 0.5) is 0 Å². The van der Waals surface area contributed by atoms with E-state index in [9.17, 15) is 4.79 Å². The molecule has 6 heteroatoms. The summed E-state index contributed by atoms with van der Waals surface area (Å²) in [4.78, 5) is 17.0. The lowest BCUT2D eigenvalue weighted by molar-refractivity contribution is 0.0546. The molecule has 1 aliphatic rings. The summed E-state index contributed by atoms with van der Waals surface area (Å²) < 4.78 is 10.7. The SMILES string of the molecule is COc1ccc(C2CN(C(=O)c3ccc(Cl)cc3)CCN2C)cc1OC. The highest BCUT2D eigenvalue weighted by Crippen LogP contribution is 2.33. The van der Waals surface area contributed by atoms with Crippen molar-refractivity contribution in [2.75, 3.05) is 40.9 Å². The lowest BCUT2D eigenvalue weighted by Gasteiger charge is -2.40. The van der Waals surface area contributed by atoms with E-state index >= 15 is 0 Å². The molecular formula is C20H23ClN2O3. The summed E-state index contributed by atoms with van der Waals surface area (Å²) in [6.45, 7) is 2.12. The number of benzene rings is 2. The maximum atomic E-state index is 12.8. The highest BCUT2D eigenvalue weighted by Gasteiger charge is 2.29. The molecule has 0 N–H and O–H groups in total. The summed E-state index contributed by atoms with van der Waals surface area (Å²) in [5, 5.41) is 0.628. The highest BCUT2D eigenvalue weighted by molar-refractivity contribution is 6.30. The third kappa shape index (κ3) is 3.79. The normalized spacial score (nSPS) is 17.8. The van der Waals surface area contributed by atoms with Gasteiger partial charge in [0.2, 0.25) is 0 Å². The van der Waals surface area contributed by atoms with E-state index in [1.54, 1.807) is 38.5 Å². The first-order valence-electron chi connectivity index (χ1n) is 8.50. The zero-order valence-corrected chi connectivity index (χ0v) is 16.0. The number of ether oxygens (including phenoxy) is 2. The monoisotopic (exact) mass is 374 g/mol. The van der Waals surface area contributed by atoms with Gasteiger partial charge < -0.3 is 14.4 Å². The molecule has 0 spiro atoms. The molecule has 1 aliphatic heterocycles. The Morgan fingerprint density at radius 1 is 1.04 bits per heavy atom. The molecule has 0 bridgehead atoms. The number of likely N-dealkylation sites (N-methyl/N-ethyl adjacent to an activating group) is 1. The number of hydrogen-bond acceptors (Lipinski definition) is 4.